The molecule has 0 saturated heterocycles. The molecule has 0 atom stereocenters. The monoisotopic (exact) mass is 355 g/mol. The largest absolute Gasteiger partial charge is 0.340 e. The molecule has 25 heavy (non-hydrogen) atoms. The molecule has 1 aromatic carbocycles. The molecule has 0 unspecified atom stereocenters. The summed E-state index contributed by atoms with van der Waals surface area (Å²) >= 11 is 1.42. The number of likely N-dealkylation sites (N-methyl/N-ethyl adjacent to an activating group) is 1. The van der Waals surface area contributed by atoms with Gasteiger partial charge in [-0.3, -0.25) is 10.1 Å². The van der Waals surface area contributed by atoms with E-state index in [-0.39, 0.29) is 5.91 Å². The second-order valence-corrected chi connectivity index (χ2v) is 7.10. The topological polar surface area (TPSA) is 63.1 Å². The molecule has 130 valence electrons. The van der Waals surface area contributed by atoms with Gasteiger partial charge in [-0.05, 0) is 31.8 Å². The van der Waals surface area contributed by atoms with Crippen molar-refractivity contribution in [2.45, 2.75) is 6.42 Å². The standard InChI is InChI=1S/C18H21N5OS/c1-22(2)12-11-16-20-21-18(25-16)19-17(24)15-10-9-14(23(15)3)13-7-5-4-6-8-13/h4-10H,11-12H2,1-3H3,(H,19,21,24). The molecule has 2 heterocycles. The molecule has 0 aliphatic heterocycles. The summed E-state index contributed by atoms with van der Waals surface area (Å²) in [5, 5.41) is 12.5. The van der Waals surface area contributed by atoms with Crippen molar-refractivity contribution in [3.05, 3.63) is 53.2 Å². The minimum atomic E-state index is -0.181. The van der Waals surface area contributed by atoms with Gasteiger partial charge in [0.1, 0.15) is 10.7 Å². The van der Waals surface area contributed by atoms with Crippen molar-refractivity contribution in [2.75, 3.05) is 26.0 Å². The SMILES string of the molecule is CN(C)CCc1nnc(NC(=O)c2ccc(-c3ccccc3)n2C)s1. The number of amides is 1. The Hall–Kier alpha value is -2.51. The van der Waals surface area contributed by atoms with Crippen LogP contribution in [0, 0.1) is 0 Å². The molecule has 0 spiro atoms. The summed E-state index contributed by atoms with van der Waals surface area (Å²) in [5.41, 5.74) is 2.66. The van der Waals surface area contributed by atoms with Gasteiger partial charge in [-0.25, -0.2) is 0 Å². The van der Waals surface area contributed by atoms with Gasteiger partial charge in [-0.2, -0.15) is 0 Å². The number of aromatic nitrogens is 3. The highest BCUT2D eigenvalue weighted by molar-refractivity contribution is 7.15. The fourth-order valence-corrected chi connectivity index (χ4v) is 3.25. The minimum Gasteiger partial charge on any atom is -0.340 e. The summed E-state index contributed by atoms with van der Waals surface area (Å²) in [6.07, 6.45) is 0.822. The average molecular weight is 355 g/mol. The van der Waals surface area contributed by atoms with Crippen LogP contribution in [0.1, 0.15) is 15.5 Å². The van der Waals surface area contributed by atoms with E-state index in [1.807, 2.05) is 68.2 Å². The number of nitrogens with zero attached hydrogens (tertiary/aromatic N) is 4. The van der Waals surface area contributed by atoms with Gasteiger partial charge < -0.3 is 9.47 Å². The highest BCUT2D eigenvalue weighted by atomic mass is 32.1. The summed E-state index contributed by atoms with van der Waals surface area (Å²) in [6.45, 7) is 0.904. The molecular weight excluding hydrogens is 334 g/mol. The second kappa shape index (κ2) is 7.58. The van der Waals surface area contributed by atoms with E-state index >= 15 is 0 Å². The Bertz CT molecular complexity index is 853. The van der Waals surface area contributed by atoms with Crippen molar-refractivity contribution in [2.24, 2.45) is 7.05 Å². The third-order valence-electron chi connectivity index (χ3n) is 3.88. The maximum atomic E-state index is 12.6. The molecule has 1 N–H and O–H groups in total. The van der Waals surface area contributed by atoms with Gasteiger partial charge in [0, 0.05) is 25.7 Å². The Morgan fingerprint density at radius 2 is 1.92 bits per heavy atom. The van der Waals surface area contributed by atoms with Gasteiger partial charge in [0.2, 0.25) is 5.13 Å². The number of hydrogen-bond acceptors (Lipinski definition) is 5. The first kappa shape index (κ1) is 17.3. The van der Waals surface area contributed by atoms with E-state index in [1.165, 1.54) is 11.3 Å². The zero-order valence-electron chi connectivity index (χ0n) is 14.6. The van der Waals surface area contributed by atoms with Gasteiger partial charge in [0.25, 0.3) is 5.91 Å². The third kappa shape index (κ3) is 4.12. The third-order valence-corrected chi connectivity index (χ3v) is 4.78. The molecule has 0 saturated carbocycles. The van der Waals surface area contributed by atoms with Crippen molar-refractivity contribution < 1.29 is 4.79 Å². The van der Waals surface area contributed by atoms with E-state index in [1.54, 1.807) is 0 Å². The van der Waals surface area contributed by atoms with Crippen LogP contribution in [0.5, 0.6) is 0 Å². The van der Waals surface area contributed by atoms with Crippen LogP contribution in [0.25, 0.3) is 11.3 Å². The molecule has 3 aromatic rings. The van der Waals surface area contributed by atoms with Crippen LogP contribution < -0.4 is 5.32 Å². The van der Waals surface area contributed by atoms with Gasteiger partial charge in [0.15, 0.2) is 0 Å². The Balaban J connectivity index is 1.71. The zero-order chi connectivity index (χ0) is 17.8. The van der Waals surface area contributed by atoms with E-state index in [4.69, 9.17) is 0 Å². The number of nitrogens with one attached hydrogen (secondary N) is 1. The summed E-state index contributed by atoms with van der Waals surface area (Å²) in [7, 11) is 5.92. The highest BCUT2D eigenvalue weighted by Crippen LogP contribution is 2.22. The summed E-state index contributed by atoms with van der Waals surface area (Å²) in [6, 6.07) is 13.8. The lowest BCUT2D eigenvalue weighted by atomic mass is 10.2. The summed E-state index contributed by atoms with van der Waals surface area (Å²) in [4.78, 5) is 14.6. The maximum Gasteiger partial charge on any atom is 0.274 e. The van der Waals surface area contributed by atoms with E-state index in [9.17, 15) is 4.79 Å². The molecule has 0 bridgehead atoms. The number of carbonyl (C=O) groups excluding carboxylic acids is 1. The average Bonchev–Trinajstić information content (AvgIpc) is 3.20. The zero-order valence-corrected chi connectivity index (χ0v) is 15.4. The minimum absolute atomic E-state index is 0.181. The number of anilines is 1. The first-order valence-electron chi connectivity index (χ1n) is 8.04. The lowest BCUT2D eigenvalue weighted by Crippen LogP contribution is -2.15. The second-order valence-electron chi connectivity index (χ2n) is 6.04. The molecule has 0 aliphatic carbocycles. The lowest BCUT2D eigenvalue weighted by Gasteiger charge is -2.07. The Labute approximate surface area is 151 Å². The van der Waals surface area contributed by atoms with Crippen molar-refractivity contribution in [1.82, 2.24) is 19.7 Å². The van der Waals surface area contributed by atoms with Gasteiger partial charge in [-0.15, -0.1) is 10.2 Å². The van der Waals surface area contributed by atoms with Crippen LogP contribution in [-0.4, -0.2) is 46.2 Å². The lowest BCUT2D eigenvalue weighted by molar-refractivity contribution is 0.101. The first-order valence-corrected chi connectivity index (χ1v) is 8.86. The predicted molar refractivity (Wildman–Crippen MR) is 101 cm³/mol. The van der Waals surface area contributed by atoms with Crippen LogP contribution in [0.2, 0.25) is 0 Å². The number of carbonyl (C=O) groups is 1. The summed E-state index contributed by atoms with van der Waals surface area (Å²) in [5.74, 6) is -0.181. The van der Waals surface area contributed by atoms with E-state index in [2.05, 4.69) is 20.4 Å². The number of rotatable bonds is 6. The Morgan fingerprint density at radius 1 is 1.16 bits per heavy atom. The van der Waals surface area contributed by atoms with Gasteiger partial charge in [0.05, 0.1) is 0 Å². The molecule has 0 aliphatic rings. The van der Waals surface area contributed by atoms with Crippen LogP contribution >= 0.6 is 11.3 Å². The van der Waals surface area contributed by atoms with Crippen molar-refractivity contribution in [3.63, 3.8) is 0 Å². The molecule has 7 heteroatoms. The normalized spacial score (nSPS) is 11.0. The Morgan fingerprint density at radius 3 is 2.64 bits per heavy atom. The van der Waals surface area contributed by atoms with Crippen LogP contribution in [0.3, 0.4) is 0 Å². The fraction of sp³-hybridized carbons (Fsp3) is 0.278. The van der Waals surface area contributed by atoms with Crippen molar-refractivity contribution in [1.29, 1.82) is 0 Å². The van der Waals surface area contributed by atoms with Gasteiger partial charge >= 0.3 is 0 Å². The quantitative estimate of drug-likeness (QED) is 0.738. The molecule has 0 fully saturated rings. The van der Waals surface area contributed by atoms with Gasteiger partial charge in [-0.1, -0.05) is 41.7 Å². The van der Waals surface area contributed by atoms with E-state index in [0.717, 1.165) is 29.2 Å². The molecule has 1 amide bonds. The van der Waals surface area contributed by atoms with Crippen LogP contribution in [-0.2, 0) is 13.5 Å². The Kier molecular flexibility index (Phi) is 5.25. The van der Waals surface area contributed by atoms with Crippen molar-refractivity contribution in [3.8, 4) is 11.3 Å². The highest BCUT2D eigenvalue weighted by Gasteiger charge is 2.15. The number of hydrogen-bond donors (Lipinski definition) is 1. The fourth-order valence-electron chi connectivity index (χ4n) is 2.52. The molecule has 3 rings (SSSR count). The van der Waals surface area contributed by atoms with E-state index < -0.39 is 0 Å². The van der Waals surface area contributed by atoms with Crippen molar-refractivity contribution >= 4 is 22.4 Å². The predicted octanol–water partition coefficient (Wildman–Crippen LogP) is 2.90. The smallest absolute Gasteiger partial charge is 0.274 e. The molecular formula is C18H21N5OS. The molecule has 6 nitrogen and oxygen atoms in total. The first-order chi connectivity index (χ1) is 12.0. The molecule has 2 aromatic heterocycles. The number of benzene rings is 1. The van der Waals surface area contributed by atoms with E-state index in [0.29, 0.717) is 10.8 Å². The van der Waals surface area contributed by atoms with Crippen LogP contribution in [0.4, 0.5) is 5.13 Å². The molecule has 0 radical (unpaired) electrons. The maximum absolute atomic E-state index is 12.6. The van der Waals surface area contributed by atoms with Crippen LogP contribution in [0.15, 0.2) is 42.5 Å². The summed E-state index contributed by atoms with van der Waals surface area (Å²) < 4.78 is 1.89.